The molecule has 0 amide bonds. The monoisotopic (exact) mass is 228 g/mol. The maximum absolute atomic E-state index is 5.50. The highest BCUT2D eigenvalue weighted by Crippen LogP contribution is 2.27. The quantitative estimate of drug-likeness (QED) is 0.581. The van der Waals surface area contributed by atoms with Crippen molar-refractivity contribution in [2.75, 3.05) is 5.43 Å². The van der Waals surface area contributed by atoms with Crippen LogP contribution >= 0.6 is 0 Å². The van der Waals surface area contributed by atoms with Crippen LogP contribution in [0.15, 0.2) is 18.6 Å². The summed E-state index contributed by atoms with van der Waals surface area (Å²) in [6, 6.07) is 1.79. The van der Waals surface area contributed by atoms with E-state index in [2.05, 4.69) is 25.4 Å². The van der Waals surface area contributed by atoms with E-state index in [-0.39, 0.29) is 0 Å². The number of nitrogen functional groups attached to an aromatic ring is 1. The molecule has 0 bridgehead atoms. The number of nitrogens with one attached hydrogen (secondary N) is 1. The molecule has 1 aliphatic rings. The Morgan fingerprint density at radius 1 is 1.24 bits per heavy atom. The molecule has 3 N–H and O–H groups in total. The number of hydrazine groups is 1. The van der Waals surface area contributed by atoms with Crippen molar-refractivity contribution in [1.29, 1.82) is 0 Å². The van der Waals surface area contributed by atoms with Crippen LogP contribution in [0.4, 0.5) is 5.82 Å². The Hall–Kier alpha value is -2.08. The molecule has 0 saturated carbocycles. The van der Waals surface area contributed by atoms with Gasteiger partial charge in [-0.05, 0) is 25.3 Å². The second kappa shape index (κ2) is 4.06. The van der Waals surface area contributed by atoms with Gasteiger partial charge in [-0.3, -0.25) is 0 Å². The Balaban J connectivity index is 2.13. The van der Waals surface area contributed by atoms with E-state index in [1.165, 1.54) is 6.33 Å². The summed E-state index contributed by atoms with van der Waals surface area (Å²) in [6.45, 7) is 0. The van der Waals surface area contributed by atoms with Crippen LogP contribution in [0.2, 0.25) is 0 Å². The zero-order valence-electron chi connectivity index (χ0n) is 9.22. The molecular weight excluding hydrogens is 216 g/mol. The molecule has 0 fully saturated rings. The van der Waals surface area contributed by atoms with Gasteiger partial charge in [0.2, 0.25) is 0 Å². The van der Waals surface area contributed by atoms with Crippen molar-refractivity contribution in [3.63, 3.8) is 0 Å². The Labute approximate surface area is 98.3 Å². The zero-order valence-corrected chi connectivity index (χ0v) is 9.22. The molecule has 6 nitrogen and oxygen atoms in total. The van der Waals surface area contributed by atoms with E-state index in [4.69, 9.17) is 5.84 Å². The molecule has 0 atom stereocenters. The smallest absolute Gasteiger partial charge is 0.180 e. The first-order valence-corrected chi connectivity index (χ1v) is 5.51. The second-order valence-electron chi connectivity index (χ2n) is 3.91. The number of anilines is 1. The topological polar surface area (TPSA) is 89.6 Å². The average Bonchev–Trinajstić information content (AvgIpc) is 2.86. The SMILES string of the molecule is NNc1nc(-c2ccncn2)nc2c1CCC2. The molecule has 3 rings (SSSR count). The van der Waals surface area contributed by atoms with Gasteiger partial charge in [0, 0.05) is 17.5 Å². The highest BCUT2D eigenvalue weighted by molar-refractivity contribution is 5.56. The molecule has 0 unspecified atom stereocenters. The van der Waals surface area contributed by atoms with E-state index < -0.39 is 0 Å². The third-order valence-corrected chi connectivity index (χ3v) is 2.88. The number of aromatic nitrogens is 4. The van der Waals surface area contributed by atoms with E-state index >= 15 is 0 Å². The summed E-state index contributed by atoms with van der Waals surface area (Å²) < 4.78 is 0. The van der Waals surface area contributed by atoms with Crippen molar-refractivity contribution < 1.29 is 0 Å². The van der Waals surface area contributed by atoms with Crippen LogP contribution < -0.4 is 11.3 Å². The van der Waals surface area contributed by atoms with Crippen molar-refractivity contribution in [2.45, 2.75) is 19.3 Å². The molecule has 0 aromatic carbocycles. The highest BCUT2D eigenvalue weighted by atomic mass is 15.3. The van der Waals surface area contributed by atoms with Gasteiger partial charge in [0.05, 0.1) is 0 Å². The minimum atomic E-state index is 0.598. The molecule has 17 heavy (non-hydrogen) atoms. The van der Waals surface area contributed by atoms with Gasteiger partial charge in [-0.25, -0.2) is 25.8 Å². The summed E-state index contributed by atoms with van der Waals surface area (Å²) in [7, 11) is 0. The average molecular weight is 228 g/mol. The third-order valence-electron chi connectivity index (χ3n) is 2.88. The van der Waals surface area contributed by atoms with Gasteiger partial charge in [-0.1, -0.05) is 0 Å². The molecule has 2 heterocycles. The number of rotatable bonds is 2. The van der Waals surface area contributed by atoms with Gasteiger partial charge in [0.15, 0.2) is 5.82 Å². The molecular formula is C11H12N6. The van der Waals surface area contributed by atoms with Crippen molar-refractivity contribution in [1.82, 2.24) is 19.9 Å². The summed E-state index contributed by atoms with van der Waals surface area (Å²) in [4.78, 5) is 17.0. The Bertz CT molecular complexity index is 539. The maximum Gasteiger partial charge on any atom is 0.180 e. The lowest BCUT2D eigenvalue weighted by Crippen LogP contribution is -2.13. The largest absolute Gasteiger partial charge is 0.308 e. The standard InChI is InChI=1S/C11H12N6/c12-17-10-7-2-1-3-8(7)15-11(16-10)9-4-5-13-6-14-9/h4-6H,1-3,12H2,(H,15,16,17). The Kier molecular flexibility index (Phi) is 2.41. The van der Waals surface area contributed by atoms with Crippen molar-refractivity contribution >= 4 is 5.82 Å². The van der Waals surface area contributed by atoms with Gasteiger partial charge in [-0.2, -0.15) is 0 Å². The third kappa shape index (κ3) is 1.72. The molecule has 2 aromatic rings. The van der Waals surface area contributed by atoms with Crippen molar-refractivity contribution in [3.05, 3.63) is 29.8 Å². The Morgan fingerprint density at radius 2 is 2.18 bits per heavy atom. The predicted octanol–water partition coefficient (Wildman–Crippen LogP) is 0.708. The van der Waals surface area contributed by atoms with Crippen LogP contribution in [-0.2, 0) is 12.8 Å². The first-order chi connectivity index (χ1) is 8.38. The minimum Gasteiger partial charge on any atom is -0.308 e. The maximum atomic E-state index is 5.50. The van der Waals surface area contributed by atoms with Gasteiger partial charge in [0.25, 0.3) is 0 Å². The molecule has 2 aromatic heterocycles. The lowest BCUT2D eigenvalue weighted by Gasteiger charge is -2.08. The molecule has 0 aliphatic heterocycles. The molecule has 1 aliphatic carbocycles. The first kappa shape index (κ1) is 10.1. The highest BCUT2D eigenvalue weighted by Gasteiger charge is 2.19. The molecule has 0 radical (unpaired) electrons. The van der Waals surface area contributed by atoms with Gasteiger partial charge >= 0.3 is 0 Å². The van der Waals surface area contributed by atoms with Crippen molar-refractivity contribution in [3.8, 4) is 11.5 Å². The van der Waals surface area contributed by atoms with E-state index in [0.29, 0.717) is 17.3 Å². The number of fused-ring (bicyclic) bond motifs is 1. The number of aryl methyl sites for hydroxylation is 1. The molecule has 86 valence electrons. The van der Waals surface area contributed by atoms with E-state index in [0.717, 1.165) is 30.5 Å². The number of hydrogen-bond acceptors (Lipinski definition) is 6. The van der Waals surface area contributed by atoms with Crippen LogP contribution in [0.5, 0.6) is 0 Å². The van der Waals surface area contributed by atoms with E-state index in [9.17, 15) is 0 Å². The zero-order chi connectivity index (χ0) is 11.7. The molecule has 6 heteroatoms. The number of nitrogens with two attached hydrogens (primary N) is 1. The van der Waals surface area contributed by atoms with Crippen molar-refractivity contribution in [2.24, 2.45) is 5.84 Å². The van der Waals surface area contributed by atoms with Crippen LogP contribution in [-0.4, -0.2) is 19.9 Å². The Morgan fingerprint density at radius 3 is 2.94 bits per heavy atom. The second-order valence-corrected chi connectivity index (χ2v) is 3.91. The summed E-state index contributed by atoms with van der Waals surface area (Å²) in [5.41, 5.74) is 5.56. The van der Waals surface area contributed by atoms with Gasteiger partial charge < -0.3 is 5.43 Å². The summed E-state index contributed by atoms with van der Waals surface area (Å²) >= 11 is 0. The summed E-state index contributed by atoms with van der Waals surface area (Å²) in [5.74, 6) is 6.80. The van der Waals surface area contributed by atoms with Gasteiger partial charge in [-0.15, -0.1) is 0 Å². The lowest BCUT2D eigenvalue weighted by atomic mass is 10.2. The summed E-state index contributed by atoms with van der Waals surface area (Å²) in [6.07, 6.45) is 6.23. The van der Waals surface area contributed by atoms with E-state index in [1.807, 2.05) is 0 Å². The molecule has 0 saturated heterocycles. The molecule has 0 spiro atoms. The van der Waals surface area contributed by atoms with Crippen LogP contribution in [0, 0.1) is 0 Å². The fourth-order valence-corrected chi connectivity index (χ4v) is 2.09. The van der Waals surface area contributed by atoms with Crippen LogP contribution in [0.3, 0.4) is 0 Å². The minimum absolute atomic E-state index is 0.598. The fraction of sp³-hybridized carbons (Fsp3) is 0.273. The van der Waals surface area contributed by atoms with E-state index in [1.54, 1.807) is 12.3 Å². The van der Waals surface area contributed by atoms with Crippen LogP contribution in [0.1, 0.15) is 17.7 Å². The lowest BCUT2D eigenvalue weighted by molar-refractivity contribution is 0.899. The predicted molar refractivity (Wildman–Crippen MR) is 62.9 cm³/mol. The normalized spacial score (nSPS) is 13.5. The van der Waals surface area contributed by atoms with Gasteiger partial charge in [0.1, 0.15) is 17.8 Å². The number of nitrogens with zero attached hydrogens (tertiary/aromatic N) is 4. The number of hydrogen-bond donors (Lipinski definition) is 2. The van der Waals surface area contributed by atoms with Crippen LogP contribution in [0.25, 0.3) is 11.5 Å². The fourth-order valence-electron chi connectivity index (χ4n) is 2.09. The summed E-state index contributed by atoms with van der Waals surface area (Å²) in [5, 5.41) is 0. The first-order valence-electron chi connectivity index (χ1n) is 5.51.